The fourth-order valence-corrected chi connectivity index (χ4v) is 1.18. The van der Waals surface area contributed by atoms with Crippen LogP contribution in [-0.4, -0.2) is 30.2 Å². The first-order valence-corrected chi connectivity index (χ1v) is 5.18. The summed E-state index contributed by atoms with van der Waals surface area (Å²) >= 11 is 0. The highest BCUT2D eigenvalue weighted by Crippen LogP contribution is 2.17. The molecule has 0 spiro atoms. The van der Waals surface area contributed by atoms with Crippen LogP contribution in [0.25, 0.3) is 6.08 Å². The van der Waals surface area contributed by atoms with Crippen LogP contribution < -0.4 is 15.8 Å². The quantitative estimate of drug-likeness (QED) is 0.785. The predicted molar refractivity (Wildman–Crippen MR) is 65.4 cm³/mol. The van der Waals surface area contributed by atoms with E-state index in [0.717, 1.165) is 12.0 Å². The molecule has 0 amide bonds. The molecule has 0 unspecified atom stereocenters. The summed E-state index contributed by atoms with van der Waals surface area (Å²) in [6.07, 6.45) is 6.44. The maximum Gasteiger partial charge on any atom is 0.225 e. The molecule has 0 radical (unpaired) electrons. The van der Waals surface area contributed by atoms with E-state index in [4.69, 9.17) is 10.5 Å². The molecule has 1 rings (SSSR count). The summed E-state index contributed by atoms with van der Waals surface area (Å²) in [6, 6.07) is 0.153. The van der Waals surface area contributed by atoms with E-state index in [1.165, 1.54) is 0 Å². The van der Waals surface area contributed by atoms with Crippen molar-refractivity contribution < 1.29 is 4.74 Å². The van der Waals surface area contributed by atoms with Crippen LogP contribution in [0.15, 0.2) is 12.3 Å². The Balaban J connectivity index is 2.83. The van der Waals surface area contributed by atoms with Crippen molar-refractivity contribution in [1.29, 1.82) is 0 Å². The monoisotopic (exact) mass is 222 g/mol. The van der Waals surface area contributed by atoms with Crippen molar-refractivity contribution in [2.45, 2.75) is 19.4 Å². The predicted octanol–water partition coefficient (Wildman–Crippen LogP) is 1.28. The first-order valence-electron chi connectivity index (χ1n) is 5.18. The topological polar surface area (TPSA) is 73.1 Å². The van der Waals surface area contributed by atoms with Crippen molar-refractivity contribution in [3.8, 4) is 5.88 Å². The Morgan fingerprint density at radius 1 is 1.62 bits per heavy atom. The third kappa shape index (κ3) is 3.51. The Labute approximate surface area is 95.7 Å². The standard InChI is InChI=1S/C11H18N4O/c1-8(12)5-4-6-9-7-14-11(13-2)15-10(9)16-3/h4,6-8H,5,12H2,1-3H3,(H,13,14,15)/b6-4+/t8-/m0/s1. The van der Waals surface area contributed by atoms with Gasteiger partial charge in [-0.1, -0.05) is 12.2 Å². The van der Waals surface area contributed by atoms with Crippen molar-refractivity contribution in [2.75, 3.05) is 19.5 Å². The third-order valence-electron chi connectivity index (χ3n) is 2.00. The lowest BCUT2D eigenvalue weighted by atomic mass is 10.2. The first-order chi connectivity index (χ1) is 7.67. The van der Waals surface area contributed by atoms with Crippen LogP contribution in [0.1, 0.15) is 18.9 Å². The molecule has 1 aromatic heterocycles. The number of anilines is 1. The van der Waals surface area contributed by atoms with E-state index in [1.807, 2.05) is 19.1 Å². The number of hydrogen-bond donors (Lipinski definition) is 2. The number of nitrogens with zero attached hydrogens (tertiary/aromatic N) is 2. The van der Waals surface area contributed by atoms with E-state index >= 15 is 0 Å². The van der Waals surface area contributed by atoms with Gasteiger partial charge >= 0.3 is 0 Å². The Bertz CT molecular complexity index is 363. The third-order valence-corrected chi connectivity index (χ3v) is 2.00. The molecule has 0 aliphatic rings. The largest absolute Gasteiger partial charge is 0.480 e. The van der Waals surface area contributed by atoms with Gasteiger partial charge < -0.3 is 15.8 Å². The molecule has 1 atom stereocenters. The van der Waals surface area contributed by atoms with E-state index in [2.05, 4.69) is 15.3 Å². The number of ether oxygens (including phenoxy) is 1. The number of nitrogens with one attached hydrogen (secondary N) is 1. The van der Waals surface area contributed by atoms with Gasteiger partial charge in [-0.3, -0.25) is 0 Å². The molecule has 0 saturated heterocycles. The van der Waals surface area contributed by atoms with Gasteiger partial charge in [0.25, 0.3) is 0 Å². The molecule has 0 fully saturated rings. The highest BCUT2D eigenvalue weighted by molar-refractivity contribution is 5.55. The second-order valence-corrected chi connectivity index (χ2v) is 3.52. The van der Waals surface area contributed by atoms with Gasteiger partial charge in [0.2, 0.25) is 11.8 Å². The summed E-state index contributed by atoms with van der Waals surface area (Å²) in [5, 5.41) is 2.86. The fourth-order valence-electron chi connectivity index (χ4n) is 1.18. The molecule has 0 aliphatic heterocycles. The SMILES string of the molecule is CNc1ncc(/C=C/C[C@H](C)N)c(OC)n1. The van der Waals surface area contributed by atoms with Gasteiger partial charge in [0.05, 0.1) is 12.7 Å². The molecule has 5 nitrogen and oxygen atoms in total. The van der Waals surface area contributed by atoms with E-state index in [9.17, 15) is 0 Å². The number of nitrogens with two attached hydrogens (primary N) is 1. The fraction of sp³-hybridized carbons (Fsp3) is 0.455. The number of aromatic nitrogens is 2. The molecular formula is C11H18N4O. The summed E-state index contributed by atoms with van der Waals surface area (Å²) in [7, 11) is 3.35. The molecule has 1 heterocycles. The number of rotatable bonds is 5. The van der Waals surface area contributed by atoms with Crippen LogP contribution >= 0.6 is 0 Å². The molecule has 5 heteroatoms. The number of methoxy groups -OCH3 is 1. The van der Waals surface area contributed by atoms with Crippen LogP contribution in [0, 0.1) is 0 Å². The maximum atomic E-state index is 5.65. The summed E-state index contributed by atoms with van der Waals surface area (Å²) in [4.78, 5) is 8.30. The minimum atomic E-state index is 0.153. The number of hydrogen-bond acceptors (Lipinski definition) is 5. The van der Waals surface area contributed by atoms with Crippen molar-refractivity contribution in [3.05, 3.63) is 17.8 Å². The van der Waals surface area contributed by atoms with Gasteiger partial charge in [-0.15, -0.1) is 0 Å². The van der Waals surface area contributed by atoms with Crippen molar-refractivity contribution in [3.63, 3.8) is 0 Å². The molecule has 0 aliphatic carbocycles. The van der Waals surface area contributed by atoms with Crippen LogP contribution in [0.5, 0.6) is 5.88 Å². The van der Waals surface area contributed by atoms with E-state index in [-0.39, 0.29) is 6.04 Å². The normalized spacial score (nSPS) is 12.8. The van der Waals surface area contributed by atoms with Crippen LogP contribution in [0.4, 0.5) is 5.95 Å². The second-order valence-electron chi connectivity index (χ2n) is 3.52. The average molecular weight is 222 g/mol. The van der Waals surface area contributed by atoms with Crippen LogP contribution in [0.2, 0.25) is 0 Å². The highest BCUT2D eigenvalue weighted by Gasteiger charge is 2.03. The smallest absolute Gasteiger partial charge is 0.225 e. The summed E-state index contributed by atoms with van der Waals surface area (Å²) < 4.78 is 5.17. The Morgan fingerprint density at radius 3 is 2.94 bits per heavy atom. The molecule has 16 heavy (non-hydrogen) atoms. The Morgan fingerprint density at radius 2 is 2.38 bits per heavy atom. The van der Waals surface area contributed by atoms with Crippen molar-refractivity contribution in [1.82, 2.24) is 9.97 Å². The highest BCUT2D eigenvalue weighted by atomic mass is 16.5. The lowest BCUT2D eigenvalue weighted by Gasteiger charge is -2.05. The van der Waals surface area contributed by atoms with E-state index in [0.29, 0.717) is 11.8 Å². The Hall–Kier alpha value is -1.62. The average Bonchev–Trinajstić information content (AvgIpc) is 2.29. The first kappa shape index (κ1) is 12.4. The second kappa shape index (κ2) is 6.07. The van der Waals surface area contributed by atoms with Gasteiger partial charge in [-0.05, 0) is 13.3 Å². The lowest BCUT2D eigenvalue weighted by molar-refractivity contribution is 0.396. The molecule has 0 bridgehead atoms. The molecule has 0 saturated carbocycles. The minimum absolute atomic E-state index is 0.153. The van der Waals surface area contributed by atoms with Gasteiger partial charge in [-0.25, -0.2) is 4.98 Å². The molecule has 0 aromatic carbocycles. The lowest BCUT2D eigenvalue weighted by Crippen LogP contribution is -2.12. The van der Waals surface area contributed by atoms with Crippen LogP contribution in [-0.2, 0) is 0 Å². The summed E-state index contributed by atoms with van der Waals surface area (Å²) in [5.41, 5.74) is 6.50. The van der Waals surface area contributed by atoms with Gasteiger partial charge in [0.15, 0.2) is 0 Å². The maximum absolute atomic E-state index is 5.65. The molecule has 88 valence electrons. The zero-order chi connectivity index (χ0) is 12.0. The summed E-state index contributed by atoms with van der Waals surface area (Å²) in [6.45, 7) is 1.96. The summed E-state index contributed by atoms with van der Waals surface area (Å²) in [5.74, 6) is 1.10. The van der Waals surface area contributed by atoms with Crippen LogP contribution in [0.3, 0.4) is 0 Å². The van der Waals surface area contributed by atoms with Crippen molar-refractivity contribution >= 4 is 12.0 Å². The van der Waals surface area contributed by atoms with Gasteiger partial charge in [-0.2, -0.15) is 4.98 Å². The molecule has 3 N–H and O–H groups in total. The van der Waals surface area contributed by atoms with Gasteiger partial charge in [0, 0.05) is 19.3 Å². The zero-order valence-corrected chi connectivity index (χ0v) is 9.90. The van der Waals surface area contributed by atoms with Gasteiger partial charge in [0.1, 0.15) is 0 Å². The minimum Gasteiger partial charge on any atom is -0.480 e. The Kier molecular flexibility index (Phi) is 4.72. The zero-order valence-electron chi connectivity index (χ0n) is 9.90. The molecule has 1 aromatic rings. The van der Waals surface area contributed by atoms with Crippen molar-refractivity contribution in [2.24, 2.45) is 5.73 Å². The van der Waals surface area contributed by atoms with E-state index in [1.54, 1.807) is 20.4 Å². The molecular weight excluding hydrogens is 204 g/mol. The van der Waals surface area contributed by atoms with E-state index < -0.39 is 0 Å².